The van der Waals surface area contributed by atoms with Crippen LogP contribution in [0.1, 0.15) is 27.4 Å². The third kappa shape index (κ3) is 3.18. The van der Waals surface area contributed by atoms with Crippen LogP contribution >= 0.6 is 0 Å². The van der Waals surface area contributed by atoms with Gasteiger partial charge in [-0.3, -0.25) is 9.69 Å². The second kappa shape index (κ2) is 6.29. The molecule has 1 aromatic carbocycles. The maximum absolute atomic E-state index is 11.1. The van der Waals surface area contributed by atoms with Gasteiger partial charge in [-0.25, -0.2) is 4.98 Å². The number of nitrogens with two attached hydrogens (primary N) is 1. The Morgan fingerprint density at radius 3 is 2.86 bits per heavy atom. The molecule has 0 saturated carbocycles. The molecule has 0 radical (unpaired) electrons. The fourth-order valence-electron chi connectivity index (χ4n) is 2.71. The van der Waals surface area contributed by atoms with E-state index in [0.717, 1.165) is 37.6 Å². The molecule has 6 nitrogen and oxygen atoms in total. The lowest BCUT2D eigenvalue weighted by molar-refractivity contribution is 0.0798. The van der Waals surface area contributed by atoms with Gasteiger partial charge >= 0.3 is 0 Å². The summed E-state index contributed by atoms with van der Waals surface area (Å²) in [7, 11) is 2.07. The van der Waals surface area contributed by atoms with E-state index >= 15 is 0 Å². The molecule has 1 amide bonds. The average molecular weight is 300 g/mol. The van der Waals surface area contributed by atoms with Crippen LogP contribution in [0.15, 0.2) is 30.5 Å². The van der Waals surface area contributed by atoms with Crippen LogP contribution in [-0.2, 0) is 31.0 Å². The van der Waals surface area contributed by atoms with Crippen molar-refractivity contribution < 1.29 is 9.53 Å². The molecule has 1 aliphatic rings. The van der Waals surface area contributed by atoms with E-state index in [2.05, 4.69) is 21.5 Å². The van der Waals surface area contributed by atoms with Crippen molar-refractivity contribution >= 4 is 5.91 Å². The van der Waals surface area contributed by atoms with Gasteiger partial charge in [0, 0.05) is 31.4 Å². The highest BCUT2D eigenvalue weighted by atomic mass is 16.5. The first-order chi connectivity index (χ1) is 10.6. The highest BCUT2D eigenvalue weighted by Gasteiger charge is 2.15. The molecule has 1 aromatic heterocycles. The zero-order valence-electron chi connectivity index (χ0n) is 12.7. The number of nitrogens with zero attached hydrogens (tertiary/aromatic N) is 3. The number of amides is 1. The Kier molecular flexibility index (Phi) is 4.22. The highest BCUT2D eigenvalue weighted by Crippen LogP contribution is 2.14. The Hall–Kier alpha value is -2.18. The summed E-state index contributed by atoms with van der Waals surface area (Å²) in [5.74, 6) is 0.605. The maximum Gasteiger partial charge on any atom is 0.248 e. The lowest BCUT2D eigenvalue weighted by Crippen LogP contribution is -2.23. The quantitative estimate of drug-likeness (QED) is 0.899. The Morgan fingerprint density at radius 1 is 1.36 bits per heavy atom. The van der Waals surface area contributed by atoms with E-state index in [-0.39, 0.29) is 0 Å². The smallest absolute Gasteiger partial charge is 0.248 e. The van der Waals surface area contributed by atoms with Crippen molar-refractivity contribution in [3.05, 3.63) is 53.1 Å². The van der Waals surface area contributed by atoms with Crippen LogP contribution in [0.2, 0.25) is 0 Å². The summed E-state index contributed by atoms with van der Waals surface area (Å²) in [4.78, 5) is 17.7. The molecular weight excluding hydrogens is 280 g/mol. The number of hydrogen-bond donors (Lipinski definition) is 1. The fourth-order valence-corrected chi connectivity index (χ4v) is 2.71. The molecule has 0 bridgehead atoms. The lowest BCUT2D eigenvalue weighted by atomic mass is 10.1. The third-order valence-corrected chi connectivity index (χ3v) is 3.83. The average Bonchev–Trinajstić information content (AvgIpc) is 2.91. The molecule has 0 saturated heterocycles. The minimum absolute atomic E-state index is 0.395. The molecular formula is C16H20N4O2. The fraction of sp³-hybridized carbons (Fsp3) is 0.375. The summed E-state index contributed by atoms with van der Waals surface area (Å²) in [6.45, 7) is 3.83. The van der Waals surface area contributed by atoms with Crippen molar-refractivity contribution in [1.29, 1.82) is 0 Å². The zero-order valence-corrected chi connectivity index (χ0v) is 12.7. The van der Waals surface area contributed by atoms with Gasteiger partial charge in [0.25, 0.3) is 0 Å². The van der Waals surface area contributed by atoms with Gasteiger partial charge < -0.3 is 15.0 Å². The molecule has 116 valence electrons. The Morgan fingerprint density at radius 2 is 2.14 bits per heavy atom. The van der Waals surface area contributed by atoms with Crippen LogP contribution < -0.4 is 5.73 Å². The number of carbonyl (C=O) groups is 1. The van der Waals surface area contributed by atoms with Crippen molar-refractivity contribution in [3.63, 3.8) is 0 Å². The van der Waals surface area contributed by atoms with E-state index in [1.165, 1.54) is 5.69 Å². The standard InChI is InChI=1S/C16H20N4O2/c1-19(9-12-2-4-13(5-3-12)16(17)21)10-14-8-18-15-11-22-7-6-20(14)15/h2-5,8H,6-7,9-11H2,1H3,(H2,17,21). The molecule has 0 fully saturated rings. The summed E-state index contributed by atoms with van der Waals surface area (Å²) in [5, 5.41) is 0. The van der Waals surface area contributed by atoms with E-state index in [4.69, 9.17) is 10.5 Å². The number of hydrogen-bond acceptors (Lipinski definition) is 4. The summed E-state index contributed by atoms with van der Waals surface area (Å²) < 4.78 is 7.64. The Labute approximate surface area is 129 Å². The van der Waals surface area contributed by atoms with Gasteiger partial charge in [-0.15, -0.1) is 0 Å². The van der Waals surface area contributed by atoms with E-state index in [9.17, 15) is 4.79 Å². The molecule has 1 aliphatic heterocycles. The third-order valence-electron chi connectivity index (χ3n) is 3.83. The van der Waals surface area contributed by atoms with E-state index in [1.54, 1.807) is 12.1 Å². The number of carbonyl (C=O) groups excluding carboxylic acids is 1. The van der Waals surface area contributed by atoms with Crippen LogP contribution in [0, 0.1) is 0 Å². The van der Waals surface area contributed by atoms with Crippen LogP contribution in [0.5, 0.6) is 0 Å². The van der Waals surface area contributed by atoms with Gasteiger partial charge in [-0.05, 0) is 24.7 Å². The monoisotopic (exact) mass is 300 g/mol. The van der Waals surface area contributed by atoms with Gasteiger partial charge in [-0.1, -0.05) is 12.1 Å². The number of aromatic nitrogens is 2. The van der Waals surface area contributed by atoms with Crippen LogP contribution in [0.4, 0.5) is 0 Å². The summed E-state index contributed by atoms with van der Waals surface area (Å²) in [5.41, 5.74) is 8.14. The molecule has 22 heavy (non-hydrogen) atoms. The van der Waals surface area contributed by atoms with Gasteiger partial charge in [0.1, 0.15) is 12.4 Å². The summed E-state index contributed by atoms with van der Waals surface area (Å²) >= 11 is 0. The van der Waals surface area contributed by atoms with Crippen molar-refractivity contribution in [2.45, 2.75) is 26.2 Å². The first kappa shape index (κ1) is 14.7. The van der Waals surface area contributed by atoms with E-state index in [0.29, 0.717) is 12.2 Å². The number of fused-ring (bicyclic) bond motifs is 1. The topological polar surface area (TPSA) is 73.4 Å². The minimum atomic E-state index is -0.395. The second-order valence-corrected chi connectivity index (χ2v) is 5.60. The Bertz CT molecular complexity index is 663. The molecule has 0 aliphatic carbocycles. The van der Waals surface area contributed by atoms with E-state index < -0.39 is 5.91 Å². The van der Waals surface area contributed by atoms with Crippen molar-refractivity contribution in [1.82, 2.24) is 14.5 Å². The van der Waals surface area contributed by atoms with Gasteiger partial charge in [-0.2, -0.15) is 0 Å². The number of rotatable bonds is 5. The molecule has 3 rings (SSSR count). The van der Waals surface area contributed by atoms with Crippen molar-refractivity contribution in [2.24, 2.45) is 5.73 Å². The molecule has 6 heteroatoms. The maximum atomic E-state index is 11.1. The molecule has 0 atom stereocenters. The second-order valence-electron chi connectivity index (χ2n) is 5.60. The number of imidazole rings is 1. The first-order valence-corrected chi connectivity index (χ1v) is 7.32. The molecule has 0 unspecified atom stereocenters. The normalized spacial score (nSPS) is 14.1. The molecule has 2 aromatic rings. The number of benzene rings is 1. The van der Waals surface area contributed by atoms with Crippen LogP contribution in [-0.4, -0.2) is 34.0 Å². The summed E-state index contributed by atoms with van der Waals surface area (Å²) in [6, 6.07) is 7.42. The van der Waals surface area contributed by atoms with Crippen LogP contribution in [0.3, 0.4) is 0 Å². The Balaban J connectivity index is 1.63. The highest BCUT2D eigenvalue weighted by molar-refractivity contribution is 5.92. The number of ether oxygens (including phenoxy) is 1. The van der Waals surface area contributed by atoms with E-state index in [1.807, 2.05) is 18.3 Å². The molecule has 0 spiro atoms. The van der Waals surface area contributed by atoms with Gasteiger partial charge in [0.15, 0.2) is 0 Å². The predicted octanol–water partition coefficient (Wildman–Crippen LogP) is 1.14. The number of primary amides is 1. The van der Waals surface area contributed by atoms with Gasteiger partial charge in [0.2, 0.25) is 5.91 Å². The first-order valence-electron chi connectivity index (χ1n) is 7.32. The van der Waals surface area contributed by atoms with Gasteiger partial charge in [0.05, 0.1) is 12.3 Å². The minimum Gasteiger partial charge on any atom is -0.372 e. The molecule has 2 N–H and O–H groups in total. The van der Waals surface area contributed by atoms with Crippen molar-refractivity contribution in [3.8, 4) is 0 Å². The predicted molar refractivity (Wildman–Crippen MR) is 82.0 cm³/mol. The van der Waals surface area contributed by atoms with Crippen molar-refractivity contribution in [2.75, 3.05) is 13.7 Å². The summed E-state index contributed by atoms with van der Waals surface area (Å²) in [6.07, 6.45) is 1.93. The zero-order chi connectivity index (χ0) is 15.5. The lowest BCUT2D eigenvalue weighted by Gasteiger charge is -2.21. The SMILES string of the molecule is CN(Cc1ccc(C(N)=O)cc1)Cc1cnc2n1CCOC2. The largest absolute Gasteiger partial charge is 0.372 e. The van der Waals surface area contributed by atoms with Crippen LogP contribution in [0.25, 0.3) is 0 Å². The molecule has 2 heterocycles.